The van der Waals surface area contributed by atoms with Crippen LogP contribution < -0.4 is 0 Å². The van der Waals surface area contributed by atoms with E-state index in [4.69, 9.17) is 9.84 Å². The third-order valence-corrected chi connectivity index (χ3v) is 4.24. The zero-order valence-corrected chi connectivity index (χ0v) is 11.2. The molecule has 4 atom stereocenters. The van der Waals surface area contributed by atoms with Crippen LogP contribution in [-0.2, 0) is 11.3 Å². The van der Waals surface area contributed by atoms with Crippen molar-refractivity contribution in [3.63, 3.8) is 0 Å². The van der Waals surface area contributed by atoms with Crippen molar-refractivity contribution in [1.82, 2.24) is 0 Å². The minimum Gasteiger partial charge on any atom is -0.396 e. The zero-order chi connectivity index (χ0) is 13.1. The summed E-state index contributed by atoms with van der Waals surface area (Å²) in [6, 6.07) is 10.3. The molecule has 1 aromatic carbocycles. The number of hydrogen-bond acceptors (Lipinski definition) is 2. The van der Waals surface area contributed by atoms with Gasteiger partial charge in [-0.2, -0.15) is 0 Å². The number of rotatable bonds is 7. The molecular formula is C17H22O2. The molecule has 0 bridgehead atoms. The van der Waals surface area contributed by atoms with E-state index in [-0.39, 0.29) is 0 Å². The van der Waals surface area contributed by atoms with Gasteiger partial charge in [-0.15, -0.1) is 0 Å². The molecule has 2 saturated carbocycles. The Morgan fingerprint density at radius 2 is 1.74 bits per heavy atom. The van der Waals surface area contributed by atoms with Crippen LogP contribution in [0.1, 0.15) is 18.4 Å². The minimum atomic E-state index is 0.350. The van der Waals surface area contributed by atoms with Gasteiger partial charge in [0.15, 0.2) is 0 Å². The van der Waals surface area contributed by atoms with Crippen molar-refractivity contribution >= 4 is 0 Å². The van der Waals surface area contributed by atoms with Crippen molar-refractivity contribution < 1.29 is 9.84 Å². The third kappa shape index (κ3) is 3.68. The van der Waals surface area contributed by atoms with Crippen LogP contribution in [0.25, 0.3) is 0 Å². The summed E-state index contributed by atoms with van der Waals surface area (Å²) in [5.41, 5.74) is 1.25. The van der Waals surface area contributed by atoms with Gasteiger partial charge in [-0.25, -0.2) is 0 Å². The predicted molar refractivity (Wildman–Crippen MR) is 75.5 cm³/mol. The Bertz CT molecular complexity index is 426. The van der Waals surface area contributed by atoms with E-state index >= 15 is 0 Å². The van der Waals surface area contributed by atoms with Crippen molar-refractivity contribution in [3.8, 4) is 0 Å². The van der Waals surface area contributed by atoms with Crippen LogP contribution in [0.15, 0.2) is 42.5 Å². The molecule has 0 saturated heterocycles. The van der Waals surface area contributed by atoms with Crippen LogP contribution in [0.2, 0.25) is 0 Å². The molecule has 2 aliphatic carbocycles. The smallest absolute Gasteiger partial charge is 0.0717 e. The molecule has 102 valence electrons. The lowest BCUT2D eigenvalue weighted by molar-refractivity contribution is 0.109. The van der Waals surface area contributed by atoms with Crippen LogP contribution in [0.3, 0.4) is 0 Å². The molecule has 1 N–H and O–H groups in total. The number of ether oxygens (including phenoxy) is 1. The first-order valence-electron chi connectivity index (χ1n) is 7.27. The molecule has 0 aromatic heterocycles. The Balaban J connectivity index is 1.31. The van der Waals surface area contributed by atoms with Gasteiger partial charge in [-0.05, 0) is 42.1 Å². The Hall–Kier alpha value is -1.12. The largest absolute Gasteiger partial charge is 0.396 e. The highest BCUT2D eigenvalue weighted by atomic mass is 16.5. The van der Waals surface area contributed by atoms with E-state index in [1.807, 2.05) is 6.07 Å². The molecule has 0 unspecified atom stereocenters. The monoisotopic (exact) mass is 258 g/mol. The van der Waals surface area contributed by atoms with Gasteiger partial charge in [0.1, 0.15) is 0 Å². The van der Waals surface area contributed by atoms with Crippen molar-refractivity contribution in [1.29, 1.82) is 0 Å². The summed E-state index contributed by atoms with van der Waals surface area (Å²) in [5.74, 6) is 2.63. The number of allylic oxidation sites excluding steroid dienone is 2. The molecular weight excluding hydrogens is 236 g/mol. The average Bonchev–Trinajstić information content (AvgIpc) is 3.33. The van der Waals surface area contributed by atoms with E-state index in [2.05, 4.69) is 36.4 Å². The Morgan fingerprint density at radius 3 is 2.42 bits per heavy atom. The number of hydrogen-bond donors (Lipinski definition) is 1. The van der Waals surface area contributed by atoms with Gasteiger partial charge < -0.3 is 9.84 Å². The lowest BCUT2D eigenvalue weighted by Crippen LogP contribution is -1.98. The molecule has 2 nitrogen and oxygen atoms in total. The molecule has 0 radical (unpaired) electrons. The molecule has 0 aliphatic heterocycles. The van der Waals surface area contributed by atoms with Crippen LogP contribution >= 0.6 is 0 Å². The fourth-order valence-electron chi connectivity index (χ4n) is 2.60. The van der Waals surface area contributed by atoms with Crippen molar-refractivity contribution in [2.45, 2.75) is 19.4 Å². The SMILES string of the molecule is OC[C@H]1C[C@@H]1/C=C/[C@H]1C[C@@H]1COCc1ccccc1. The zero-order valence-electron chi connectivity index (χ0n) is 11.2. The van der Waals surface area contributed by atoms with Gasteiger partial charge in [0.2, 0.25) is 0 Å². The van der Waals surface area contributed by atoms with E-state index in [1.165, 1.54) is 18.4 Å². The summed E-state index contributed by atoms with van der Waals surface area (Å²) in [4.78, 5) is 0. The van der Waals surface area contributed by atoms with Gasteiger partial charge in [0.25, 0.3) is 0 Å². The van der Waals surface area contributed by atoms with Gasteiger partial charge in [-0.3, -0.25) is 0 Å². The first-order valence-corrected chi connectivity index (χ1v) is 7.27. The second-order valence-electron chi connectivity index (χ2n) is 5.89. The van der Waals surface area contributed by atoms with E-state index in [0.717, 1.165) is 19.1 Å². The lowest BCUT2D eigenvalue weighted by Gasteiger charge is -2.02. The van der Waals surface area contributed by atoms with Gasteiger partial charge in [0, 0.05) is 6.61 Å². The number of aliphatic hydroxyl groups excluding tert-OH is 1. The maximum atomic E-state index is 8.98. The maximum absolute atomic E-state index is 8.98. The summed E-state index contributed by atoms with van der Waals surface area (Å²) in [6.45, 7) is 1.95. The average molecular weight is 258 g/mol. The highest BCUT2D eigenvalue weighted by Gasteiger charge is 2.37. The molecule has 2 heteroatoms. The summed E-state index contributed by atoms with van der Waals surface area (Å²) in [6.07, 6.45) is 7.09. The lowest BCUT2D eigenvalue weighted by atomic mass is 10.2. The standard InChI is InChI=1S/C17H22O2/c18-10-16-8-14(16)6-7-15-9-17(15)12-19-11-13-4-2-1-3-5-13/h1-7,14-18H,8-12H2/b7-6+/t14-,15-,16+,17+/m0/s1. The Labute approximate surface area is 115 Å². The predicted octanol–water partition coefficient (Wildman–Crippen LogP) is 3.02. The fourth-order valence-corrected chi connectivity index (χ4v) is 2.60. The summed E-state index contributed by atoms with van der Waals surface area (Å²) in [5, 5.41) is 8.98. The first kappa shape index (κ1) is 12.9. The second kappa shape index (κ2) is 5.89. The van der Waals surface area contributed by atoms with E-state index in [1.54, 1.807) is 0 Å². The molecule has 2 aliphatic rings. The first-order chi connectivity index (χ1) is 9.36. The molecule has 3 rings (SSSR count). The summed E-state index contributed by atoms with van der Waals surface area (Å²) < 4.78 is 5.76. The second-order valence-corrected chi connectivity index (χ2v) is 5.89. The quantitative estimate of drug-likeness (QED) is 0.762. The maximum Gasteiger partial charge on any atom is 0.0717 e. The number of aliphatic hydroxyl groups is 1. The third-order valence-electron chi connectivity index (χ3n) is 4.24. The number of benzene rings is 1. The van der Waals surface area contributed by atoms with Gasteiger partial charge in [-0.1, -0.05) is 42.5 Å². The normalized spacial score (nSPS) is 32.7. The van der Waals surface area contributed by atoms with E-state index < -0.39 is 0 Å². The molecule has 0 spiro atoms. The topological polar surface area (TPSA) is 29.5 Å². The van der Waals surface area contributed by atoms with E-state index in [0.29, 0.717) is 24.4 Å². The van der Waals surface area contributed by atoms with Crippen LogP contribution in [0, 0.1) is 23.7 Å². The summed E-state index contributed by atoms with van der Waals surface area (Å²) in [7, 11) is 0. The van der Waals surface area contributed by atoms with Crippen LogP contribution in [0.4, 0.5) is 0 Å². The Kier molecular flexibility index (Phi) is 4.00. The Morgan fingerprint density at radius 1 is 1.05 bits per heavy atom. The minimum absolute atomic E-state index is 0.350. The van der Waals surface area contributed by atoms with Crippen molar-refractivity contribution in [3.05, 3.63) is 48.0 Å². The highest BCUT2D eigenvalue weighted by molar-refractivity contribution is 5.13. The van der Waals surface area contributed by atoms with Crippen molar-refractivity contribution in [2.75, 3.05) is 13.2 Å². The molecule has 0 amide bonds. The highest BCUT2D eigenvalue weighted by Crippen LogP contribution is 2.43. The van der Waals surface area contributed by atoms with E-state index in [9.17, 15) is 0 Å². The van der Waals surface area contributed by atoms with Gasteiger partial charge >= 0.3 is 0 Å². The van der Waals surface area contributed by atoms with Crippen LogP contribution in [-0.4, -0.2) is 18.3 Å². The van der Waals surface area contributed by atoms with Crippen LogP contribution in [0.5, 0.6) is 0 Å². The molecule has 19 heavy (non-hydrogen) atoms. The molecule has 0 heterocycles. The summed E-state index contributed by atoms with van der Waals surface area (Å²) >= 11 is 0. The fraction of sp³-hybridized carbons (Fsp3) is 0.529. The van der Waals surface area contributed by atoms with Gasteiger partial charge in [0.05, 0.1) is 13.2 Å². The molecule has 2 fully saturated rings. The van der Waals surface area contributed by atoms with Crippen molar-refractivity contribution in [2.24, 2.45) is 23.7 Å². The molecule has 1 aromatic rings.